The Labute approximate surface area is 105 Å². The van der Waals surface area contributed by atoms with Crippen molar-refractivity contribution in [2.24, 2.45) is 0 Å². The zero-order valence-electron chi connectivity index (χ0n) is 11.4. The van der Waals surface area contributed by atoms with Gasteiger partial charge in [0.05, 0.1) is 7.11 Å². The van der Waals surface area contributed by atoms with Crippen molar-refractivity contribution in [1.29, 1.82) is 0 Å². The Kier molecular flexibility index (Phi) is 6.01. The third-order valence-corrected chi connectivity index (χ3v) is 2.90. The number of rotatable bonds is 7. The lowest BCUT2D eigenvalue weighted by Gasteiger charge is -2.13. The monoisotopic (exact) mass is 236 g/mol. The zero-order chi connectivity index (χ0) is 12.7. The van der Waals surface area contributed by atoms with Crippen LogP contribution in [0.2, 0.25) is 0 Å². The lowest BCUT2D eigenvalue weighted by Crippen LogP contribution is -2.26. The van der Waals surface area contributed by atoms with Gasteiger partial charge in [0.2, 0.25) is 0 Å². The van der Waals surface area contributed by atoms with E-state index < -0.39 is 0 Å². The van der Waals surface area contributed by atoms with Gasteiger partial charge in [-0.2, -0.15) is 0 Å². The molecule has 3 nitrogen and oxygen atoms in total. The molecule has 0 aliphatic rings. The molecule has 0 radical (unpaired) electrons. The minimum Gasteiger partial charge on any atom is -0.496 e. The van der Waals surface area contributed by atoms with Gasteiger partial charge in [0, 0.05) is 13.1 Å². The molecule has 0 bridgehead atoms. The van der Waals surface area contributed by atoms with E-state index in [1.165, 1.54) is 16.7 Å². The second-order valence-electron chi connectivity index (χ2n) is 4.37. The summed E-state index contributed by atoms with van der Waals surface area (Å²) in [5, 5.41) is 6.53. The van der Waals surface area contributed by atoms with E-state index in [0.29, 0.717) is 0 Å². The summed E-state index contributed by atoms with van der Waals surface area (Å²) in [5.74, 6) is 1.01. The van der Waals surface area contributed by atoms with Crippen LogP contribution in [0.25, 0.3) is 0 Å². The molecule has 3 heteroatoms. The highest BCUT2D eigenvalue weighted by Gasteiger charge is 2.06. The molecule has 96 valence electrons. The second kappa shape index (κ2) is 7.30. The highest BCUT2D eigenvalue weighted by atomic mass is 16.5. The van der Waals surface area contributed by atoms with Crippen LogP contribution < -0.4 is 15.4 Å². The predicted octanol–water partition coefficient (Wildman–Crippen LogP) is 1.66. The minimum absolute atomic E-state index is 0.988. The SMILES string of the molecule is CNCCNCCc1c(C)cc(C)cc1OC. The summed E-state index contributed by atoms with van der Waals surface area (Å²) in [7, 11) is 3.71. The van der Waals surface area contributed by atoms with Crippen LogP contribution in [0.5, 0.6) is 5.75 Å². The van der Waals surface area contributed by atoms with E-state index in [4.69, 9.17) is 4.74 Å². The first-order valence-electron chi connectivity index (χ1n) is 6.18. The molecule has 1 rings (SSSR count). The molecule has 0 saturated heterocycles. The van der Waals surface area contributed by atoms with Gasteiger partial charge < -0.3 is 15.4 Å². The van der Waals surface area contributed by atoms with Crippen LogP contribution in [-0.2, 0) is 6.42 Å². The van der Waals surface area contributed by atoms with Gasteiger partial charge in [0.1, 0.15) is 5.75 Å². The molecule has 0 atom stereocenters. The normalized spacial score (nSPS) is 10.6. The number of methoxy groups -OCH3 is 1. The van der Waals surface area contributed by atoms with E-state index in [1.807, 2.05) is 7.05 Å². The van der Waals surface area contributed by atoms with Crippen molar-refractivity contribution in [2.45, 2.75) is 20.3 Å². The quantitative estimate of drug-likeness (QED) is 0.707. The van der Waals surface area contributed by atoms with Crippen molar-refractivity contribution >= 4 is 0 Å². The molecule has 0 fully saturated rings. The van der Waals surface area contributed by atoms with Gasteiger partial charge >= 0.3 is 0 Å². The second-order valence-corrected chi connectivity index (χ2v) is 4.37. The number of aryl methyl sites for hydroxylation is 2. The lowest BCUT2D eigenvalue weighted by molar-refractivity contribution is 0.408. The average Bonchev–Trinajstić information content (AvgIpc) is 2.30. The summed E-state index contributed by atoms with van der Waals surface area (Å²) in [6, 6.07) is 4.32. The number of hydrogen-bond acceptors (Lipinski definition) is 3. The number of likely N-dealkylation sites (N-methyl/N-ethyl adjacent to an activating group) is 1. The molecular formula is C14H24N2O. The third-order valence-electron chi connectivity index (χ3n) is 2.90. The standard InChI is InChI=1S/C14H24N2O/c1-11-9-12(2)13(14(10-11)17-4)5-6-16-8-7-15-3/h9-10,15-16H,5-8H2,1-4H3. The van der Waals surface area contributed by atoms with Crippen LogP contribution in [0.1, 0.15) is 16.7 Å². The average molecular weight is 236 g/mol. The van der Waals surface area contributed by atoms with Gasteiger partial charge in [-0.1, -0.05) is 6.07 Å². The Balaban J connectivity index is 2.57. The maximum Gasteiger partial charge on any atom is 0.122 e. The maximum atomic E-state index is 5.45. The van der Waals surface area contributed by atoms with E-state index in [9.17, 15) is 0 Å². The molecule has 2 N–H and O–H groups in total. The molecule has 0 aliphatic heterocycles. The van der Waals surface area contributed by atoms with Crippen molar-refractivity contribution in [3.05, 3.63) is 28.8 Å². The molecule has 1 aromatic rings. The Hall–Kier alpha value is -1.06. The fourth-order valence-corrected chi connectivity index (χ4v) is 2.01. The Morgan fingerprint density at radius 1 is 1.12 bits per heavy atom. The summed E-state index contributed by atoms with van der Waals surface area (Å²) >= 11 is 0. The number of ether oxygens (including phenoxy) is 1. The summed E-state index contributed by atoms with van der Waals surface area (Å²) in [6.07, 6.45) is 1.01. The van der Waals surface area contributed by atoms with Gasteiger partial charge in [0.25, 0.3) is 0 Å². The molecule has 0 spiro atoms. The molecule has 0 saturated carbocycles. The largest absolute Gasteiger partial charge is 0.496 e. The molecule has 1 aromatic carbocycles. The van der Waals surface area contributed by atoms with E-state index in [2.05, 4.69) is 36.6 Å². The molecule has 0 aromatic heterocycles. The first-order valence-corrected chi connectivity index (χ1v) is 6.18. The number of hydrogen-bond donors (Lipinski definition) is 2. The summed E-state index contributed by atoms with van der Waals surface area (Å²) in [4.78, 5) is 0. The van der Waals surface area contributed by atoms with Crippen LogP contribution in [-0.4, -0.2) is 33.8 Å². The minimum atomic E-state index is 0.988. The van der Waals surface area contributed by atoms with Crippen LogP contribution in [0, 0.1) is 13.8 Å². The van der Waals surface area contributed by atoms with E-state index in [-0.39, 0.29) is 0 Å². The maximum absolute atomic E-state index is 5.45. The van der Waals surface area contributed by atoms with Crippen molar-refractivity contribution in [2.75, 3.05) is 33.8 Å². The van der Waals surface area contributed by atoms with Crippen molar-refractivity contribution in [3.63, 3.8) is 0 Å². The first-order chi connectivity index (χ1) is 8.19. The smallest absolute Gasteiger partial charge is 0.122 e. The Morgan fingerprint density at radius 2 is 1.88 bits per heavy atom. The van der Waals surface area contributed by atoms with Gasteiger partial charge in [-0.3, -0.25) is 0 Å². The molecule has 0 unspecified atom stereocenters. The summed E-state index contributed by atoms with van der Waals surface area (Å²) < 4.78 is 5.45. The molecule has 0 amide bonds. The van der Waals surface area contributed by atoms with Gasteiger partial charge in [-0.05, 0) is 56.6 Å². The highest BCUT2D eigenvalue weighted by molar-refractivity contribution is 5.43. The highest BCUT2D eigenvalue weighted by Crippen LogP contribution is 2.24. The van der Waals surface area contributed by atoms with Crippen LogP contribution in [0.15, 0.2) is 12.1 Å². The van der Waals surface area contributed by atoms with E-state index in [0.717, 1.165) is 31.8 Å². The Bertz CT molecular complexity index is 350. The fourth-order valence-electron chi connectivity index (χ4n) is 2.01. The topological polar surface area (TPSA) is 33.3 Å². The van der Waals surface area contributed by atoms with Crippen LogP contribution in [0.4, 0.5) is 0 Å². The Morgan fingerprint density at radius 3 is 2.53 bits per heavy atom. The first kappa shape index (κ1) is 14.0. The van der Waals surface area contributed by atoms with Crippen molar-refractivity contribution in [1.82, 2.24) is 10.6 Å². The fraction of sp³-hybridized carbons (Fsp3) is 0.571. The molecular weight excluding hydrogens is 212 g/mol. The van der Waals surface area contributed by atoms with Gasteiger partial charge in [0.15, 0.2) is 0 Å². The van der Waals surface area contributed by atoms with E-state index >= 15 is 0 Å². The molecule has 0 aliphatic carbocycles. The van der Waals surface area contributed by atoms with E-state index in [1.54, 1.807) is 7.11 Å². The predicted molar refractivity (Wildman–Crippen MR) is 73.0 cm³/mol. The van der Waals surface area contributed by atoms with Crippen LogP contribution >= 0.6 is 0 Å². The van der Waals surface area contributed by atoms with Crippen LogP contribution in [0.3, 0.4) is 0 Å². The molecule has 0 heterocycles. The summed E-state index contributed by atoms with van der Waals surface area (Å²) in [5.41, 5.74) is 3.89. The summed E-state index contributed by atoms with van der Waals surface area (Å²) in [6.45, 7) is 7.25. The number of benzene rings is 1. The third kappa shape index (κ3) is 4.36. The van der Waals surface area contributed by atoms with Crippen molar-refractivity contribution in [3.8, 4) is 5.75 Å². The van der Waals surface area contributed by atoms with Crippen molar-refractivity contribution < 1.29 is 4.74 Å². The zero-order valence-corrected chi connectivity index (χ0v) is 11.4. The van der Waals surface area contributed by atoms with Gasteiger partial charge in [-0.25, -0.2) is 0 Å². The lowest BCUT2D eigenvalue weighted by atomic mass is 10.0. The number of nitrogens with one attached hydrogen (secondary N) is 2. The molecule has 17 heavy (non-hydrogen) atoms. The van der Waals surface area contributed by atoms with Gasteiger partial charge in [-0.15, -0.1) is 0 Å².